The number of benzene rings is 1. The molecule has 1 unspecified atom stereocenters. The number of ketones is 1. The summed E-state index contributed by atoms with van der Waals surface area (Å²) in [5.74, 6) is 0.200. The van der Waals surface area contributed by atoms with Gasteiger partial charge in [-0.05, 0) is 18.6 Å². The van der Waals surface area contributed by atoms with Crippen molar-refractivity contribution in [2.75, 3.05) is 33.2 Å². The van der Waals surface area contributed by atoms with Crippen molar-refractivity contribution in [3.8, 4) is 0 Å². The number of thiol groups is 1. The Bertz CT molecular complexity index is 448. The topological polar surface area (TPSA) is 56.8 Å². The van der Waals surface area contributed by atoms with Crippen molar-refractivity contribution >= 4 is 32.9 Å². The van der Waals surface area contributed by atoms with E-state index in [9.17, 15) is 4.79 Å². The Morgan fingerprint density at radius 1 is 1.17 bits per heavy atom. The molecule has 0 spiro atoms. The summed E-state index contributed by atoms with van der Waals surface area (Å²) in [6, 6.07) is 10.5. The molecule has 23 heavy (non-hydrogen) atoms. The molecule has 0 aliphatic rings. The van der Waals surface area contributed by atoms with Crippen LogP contribution >= 0.6 is 12.6 Å². The minimum atomic E-state index is -2.57. The maximum Gasteiger partial charge on any atom is 0.500 e. The van der Waals surface area contributed by atoms with Gasteiger partial charge in [-0.15, -0.1) is 0 Å². The van der Waals surface area contributed by atoms with Crippen LogP contribution < -0.4 is 5.32 Å². The second-order valence-electron chi connectivity index (χ2n) is 5.29. The fourth-order valence-corrected chi connectivity index (χ4v) is 4.30. The third-order valence-corrected chi connectivity index (χ3v) is 6.85. The average Bonchev–Trinajstić information content (AvgIpc) is 2.58. The highest BCUT2D eigenvalue weighted by Crippen LogP contribution is 2.17. The molecule has 1 aromatic carbocycles. The first-order valence-corrected chi connectivity index (χ1v) is 10.1. The number of hydrogen-bond donors (Lipinski definition) is 2. The molecule has 0 saturated carbocycles. The number of nitrogens with one attached hydrogen (secondary N) is 1. The van der Waals surface area contributed by atoms with Gasteiger partial charge < -0.3 is 18.6 Å². The molecular formula is C16H27NO4SSi. The van der Waals surface area contributed by atoms with Crippen LogP contribution in [0.4, 0.5) is 5.69 Å². The van der Waals surface area contributed by atoms with Crippen molar-refractivity contribution < 1.29 is 18.1 Å². The van der Waals surface area contributed by atoms with Gasteiger partial charge in [0.2, 0.25) is 0 Å². The van der Waals surface area contributed by atoms with Crippen LogP contribution in [0.2, 0.25) is 6.04 Å². The Morgan fingerprint density at radius 3 is 2.35 bits per heavy atom. The predicted molar refractivity (Wildman–Crippen MR) is 98.2 cm³/mol. The molecular weight excluding hydrogens is 330 g/mol. The quantitative estimate of drug-likeness (QED) is 0.445. The summed E-state index contributed by atoms with van der Waals surface area (Å²) in [6.07, 6.45) is 1.64. The number of Topliss-reactive ketones (excluding diaryl/α,β-unsaturated/α-hetero) is 1. The number of hydrogen-bond acceptors (Lipinski definition) is 6. The van der Waals surface area contributed by atoms with Gasteiger partial charge in [-0.25, -0.2) is 0 Å². The second-order valence-corrected chi connectivity index (χ2v) is 9.11. The molecule has 1 rings (SSSR count). The normalized spacial score (nSPS) is 12.9. The highest BCUT2D eigenvalue weighted by atomic mass is 32.1. The molecule has 0 aliphatic carbocycles. The summed E-state index contributed by atoms with van der Waals surface area (Å²) in [6.45, 7) is 0.658. The molecule has 0 aliphatic heterocycles. The van der Waals surface area contributed by atoms with Gasteiger partial charge in [-0.2, -0.15) is 12.6 Å². The lowest BCUT2D eigenvalue weighted by molar-refractivity contribution is -0.119. The largest absolute Gasteiger partial charge is 0.500 e. The third-order valence-electron chi connectivity index (χ3n) is 3.65. The second kappa shape index (κ2) is 10.8. The van der Waals surface area contributed by atoms with Gasteiger partial charge in [0.1, 0.15) is 5.78 Å². The van der Waals surface area contributed by atoms with E-state index in [1.807, 2.05) is 30.3 Å². The molecule has 1 atom stereocenters. The summed E-state index contributed by atoms with van der Waals surface area (Å²) in [4.78, 5) is 12.0. The standard InChI is InChI=1S/C16H27NO4SSi/c1-19-23(20-2,21-3)11-7-10-15(18)12-16(22)13-17-14-8-5-4-6-9-14/h4-6,8-9,16-17,22H,7,10-13H2,1-3H3. The van der Waals surface area contributed by atoms with Gasteiger partial charge >= 0.3 is 8.80 Å². The number of anilines is 1. The maximum atomic E-state index is 12.0. The summed E-state index contributed by atoms with van der Waals surface area (Å²) in [7, 11) is 2.18. The maximum absolute atomic E-state index is 12.0. The number of carbonyl (C=O) groups is 1. The fourth-order valence-electron chi connectivity index (χ4n) is 2.29. The Morgan fingerprint density at radius 2 is 1.78 bits per heavy atom. The van der Waals surface area contributed by atoms with E-state index in [1.54, 1.807) is 21.3 Å². The van der Waals surface area contributed by atoms with Crippen LogP contribution in [0.3, 0.4) is 0 Å². The Kier molecular flexibility index (Phi) is 9.50. The summed E-state index contributed by atoms with van der Waals surface area (Å²) in [5.41, 5.74) is 1.04. The van der Waals surface area contributed by atoms with Crippen molar-refractivity contribution in [3.05, 3.63) is 30.3 Å². The van der Waals surface area contributed by atoms with Gasteiger partial charge in [-0.3, -0.25) is 4.79 Å². The first kappa shape index (κ1) is 20.2. The van der Waals surface area contributed by atoms with E-state index in [0.717, 1.165) is 5.69 Å². The summed E-state index contributed by atoms with van der Waals surface area (Å²) >= 11 is 4.49. The molecule has 0 heterocycles. The molecule has 1 aromatic rings. The lowest BCUT2D eigenvalue weighted by Gasteiger charge is -2.24. The van der Waals surface area contributed by atoms with Gasteiger partial charge in [0.05, 0.1) is 0 Å². The summed E-state index contributed by atoms with van der Waals surface area (Å²) < 4.78 is 16.0. The van der Waals surface area contributed by atoms with Crippen LogP contribution in [-0.2, 0) is 18.1 Å². The minimum absolute atomic E-state index is 0.00279. The van der Waals surface area contributed by atoms with Crippen molar-refractivity contribution in [3.63, 3.8) is 0 Å². The van der Waals surface area contributed by atoms with E-state index in [1.165, 1.54) is 0 Å². The van der Waals surface area contributed by atoms with Crippen LogP contribution in [0, 0.1) is 0 Å². The predicted octanol–water partition coefficient (Wildman–Crippen LogP) is 3.01. The van der Waals surface area contributed by atoms with Crippen molar-refractivity contribution in [2.24, 2.45) is 0 Å². The van der Waals surface area contributed by atoms with Crippen molar-refractivity contribution in [2.45, 2.75) is 30.6 Å². The fraction of sp³-hybridized carbons (Fsp3) is 0.562. The zero-order chi connectivity index (χ0) is 17.1. The Labute approximate surface area is 145 Å². The molecule has 0 radical (unpaired) electrons. The first-order chi connectivity index (χ1) is 11.0. The smallest absolute Gasteiger partial charge is 0.384 e. The van der Waals surface area contributed by atoms with Crippen LogP contribution in [0.1, 0.15) is 19.3 Å². The van der Waals surface area contributed by atoms with Crippen molar-refractivity contribution in [1.82, 2.24) is 0 Å². The molecule has 0 aromatic heterocycles. The number of rotatable bonds is 12. The lowest BCUT2D eigenvalue weighted by atomic mass is 10.1. The van der Waals surface area contributed by atoms with E-state index in [-0.39, 0.29) is 11.0 Å². The molecule has 7 heteroatoms. The molecule has 0 amide bonds. The summed E-state index contributed by atoms with van der Waals surface area (Å²) in [5, 5.41) is 3.27. The first-order valence-electron chi connectivity index (χ1n) is 7.69. The van der Waals surface area contributed by atoms with Crippen molar-refractivity contribution in [1.29, 1.82) is 0 Å². The van der Waals surface area contributed by atoms with Crippen LogP contribution in [0.5, 0.6) is 0 Å². The van der Waals surface area contributed by atoms with Gasteiger partial charge in [0.15, 0.2) is 0 Å². The number of para-hydroxylation sites is 1. The molecule has 5 nitrogen and oxygen atoms in total. The SMILES string of the molecule is CO[Si](CCCC(=O)CC(S)CNc1ccccc1)(OC)OC. The van der Waals surface area contributed by atoms with E-state index in [2.05, 4.69) is 17.9 Å². The van der Waals surface area contributed by atoms with E-state index in [0.29, 0.717) is 31.9 Å². The van der Waals surface area contributed by atoms with Gasteiger partial charge in [0.25, 0.3) is 0 Å². The van der Waals surface area contributed by atoms with E-state index in [4.69, 9.17) is 13.3 Å². The highest BCUT2D eigenvalue weighted by Gasteiger charge is 2.37. The van der Waals surface area contributed by atoms with Crippen LogP contribution in [0.25, 0.3) is 0 Å². The average molecular weight is 358 g/mol. The zero-order valence-corrected chi connectivity index (χ0v) is 16.0. The third kappa shape index (κ3) is 7.50. The minimum Gasteiger partial charge on any atom is -0.384 e. The Balaban J connectivity index is 2.25. The molecule has 0 saturated heterocycles. The van der Waals surface area contributed by atoms with E-state index >= 15 is 0 Å². The monoisotopic (exact) mass is 357 g/mol. The molecule has 1 N–H and O–H groups in total. The van der Waals surface area contributed by atoms with Crippen LogP contribution in [0.15, 0.2) is 30.3 Å². The molecule has 130 valence electrons. The molecule has 0 bridgehead atoms. The van der Waals surface area contributed by atoms with E-state index < -0.39 is 8.80 Å². The van der Waals surface area contributed by atoms with Gasteiger partial charge in [0, 0.05) is 57.7 Å². The lowest BCUT2D eigenvalue weighted by Crippen LogP contribution is -2.42. The highest BCUT2D eigenvalue weighted by molar-refractivity contribution is 7.81. The zero-order valence-electron chi connectivity index (χ0n) is 14.1. The Hall–Kier alpha value is -0.863. The van der Waals surface area contributed by atoms with Crippen LogP contribution in [-0.4, -0.2) is 47.7 Å². The molecule has 0 fully saturated rings. The number of carbonyl (C=O) groups excluding carboxylic acids is 1. The van der Waals surface area contributed by atoms with Gasteiger partial charge in [-0.1, -0.05) is 18.2 Å².